The second-order valence-electron chi connectivity index (χ2n) is 6.47. The quantitative estimate of drug-likeness (QED) is 0.502. The first-order chi connectivity index (χ1) is 13.7. The summed E-state index contributed by atoms with van der Waals surface area (Å²) in [5.74, 6) is 1.11. The van der Waals surface area contributed by atoms with E-state index < -0.39 is 0 Å². The van der Waals surface area contributed by atoms with Crippen LogP contribution in [-0.2, 0) is 6.54 Å². The van der Waals surface area contributed by atoms with E-state index in [1.54, 1.807) is 23.6 Å². The van der Waals surface area contributed by atoms with Crippen LogP contribution >= 0.6 is 0 Å². The third kappa shape index (κ3) is 3.83. The summed E-state index contributed by atoms with van der Waals surface area (Å²) in [7, 11) is 0. The van der Waals surface area contributed by atoms with Crippen LogP contribution in [0.25, 0.3) is 11.4 Å². The van der Waals surface area contributed by atoms with Crippen LogP contribution in [0.1, 0.15) is 21.7 Å². The van der Waals surface area contributed by atoms with Gasteiger partial charge in [-0.15, -0.1) is 0 Å². The first-order valence-electron chi connectivity index (χ1n) is 8.99. The van der Waals surface area contributed by atoms with Crippen molar-refractivity contribution < 1.29 is 9.21 Å². The molecule has 0 aliphatic heterocycles. The Morgan fingerprint density at radius 1 is 0.929 bits per heavy atom. The Hall–Kier alpha value is -3.73. The Morgan fingerprint density at radius 2 is 1.64 bits per heavy atom. The summed E-state index contributed by atoms with van der Waals surface area (Å²) >= 11 is 0. The van der Waals surface area contributed by atoms with Crippen LogP contribution in [0, 0.1) is 6.92 Å². The molecule has 5 nitrogen and oxygen atoms in total. The van der Waals surface area contributed by atoms with E-state index in [9.17, 15) is 4.79 Å². The van der Waals surface area contributed by atoms with Crippen molar-refractivity contribution in [3.05, 3.63) is 102 Å². The van der Waals surface area contributed by atoms with Crippen molar-refractivity contribution in [3.8, 4) is 11.4 Å². The highest BCUT2D eigenvalue weighted by Crippen LogP contribution is 2.21. The average Bonchev–Trinajstić information content (AvgIpc) is 3.26. The molecular weight excluding hydrogens is 350 g/mol. The third-order valence-electron chi connectivity index (χ3n) is 4.42. The molecule has 138 valence electrons. The summed E-state index contributed by atoms with van der Waals surface area (Å²) < 4.78 is 5.45. The number of carbonyl (C=O) groups excluding carboxylic acids is 1. The number of carbonyl (C=O) groups is 1. The maximum Gasteiger partial charge on any atom is 0.261 e. The summed E-state index contributed by atoms with van der Waals surface area (Å²) in [5.41, 5.74) is 3.25. The lowest BCUT2D eigenvalue weighted by molar-refractivity contribution is 0.0982. The standard InChI is InChI=1S/C23H19N3O2/c1-17-9-11-20(12-10-17)26(16-21-8-5-13-28-21)23(27)19-14-24-22(25-15-19)18-6-3-2-4-7-18/h2-15H,16H2,1H3. The van der Waals surface area contributed by atoms with E-state index in [1.165, 1.54) is 0 Å². The molecule has 2 aromatic heterocycles. The van der Waals surface area contributed by atoms with Gasteiger partial charge >= 0.3 is 0 Å². The van der Waals surface area contributed by atoms with E-state index in [0.29, 0.717) is 23.7 Å². The van der Waals surface area contributed by atoms with Gasteiger partial charge in [0.15, 0.2) is 5.82 Å². The zero-order chi connectivity index (χ0) is 19.3. The van der Waals surface area contributed by atoms with E-state index in [-0.39, 0.29) is 5.91 Å². The summed E-state index contributed by atoms with van der Waals surface area (Å²) in [5, 5.41) is 0. The minimum absolute atomic E-state index is 0.181. The van der Waals surface area contributed by atoms with Crippen molar-refractivity contribution in [2.24, 2.45) is 0 Å². The second kappa shape index (κ2) is 7.88. The van der Waals surface area contributed by atoms with Gasteiger partial charge in [0.05, 0.1) is 18.4 Å². The van der Waals surface area contributed by atoms with Crippen molar-refractivity contribution in [2.75, 3.05) is 4.90 Å². The topological polar surface area (TPSA) is 59.2 Å². The molecule has 4 rings (SSSR count). The number of furan rings is 1. The monoisotopic (exact) mass is 369 g/mol. The smallest absolute Gasteiger partial charge is 0.261 e. The van der Waals surface area contributed by atoms with Crippen LogP contribution in [0.5, 0.6) is 0 Å². The van der Waals surface area contributed by atoms with Crippen molar-refractivity contribution in [1.29, 1.82) is 0 Å². The number of hydrogen-bond donors (Lipinski definition) is 0. The zero-order valence-corrected chi connectivity index (χ0v) is 15.4. The molecule has 0 saturated carbocycles. The molecule has 28 heavy (non-hydrogen) atoms. The van der Waals surface area contributed by atoms with Crippen LogP contribution in [0.2, 0.25) is 0 Å². The molecule has 0 bridgehead atoms. The molecule has 0 radical (unpaired) electrons. The van der Waals surface area contributed by atoms with Crippen molar-refractivity contribution >= 4 is 11.6 Å². The van der Waals surface area contributed by atoms with E-state index >= 15 is 0 Å². The largest absolute Gasteiger partial charge is 0.467 e. The number of amides is 1. The molecule has 2 heterocycles. The second-order valence-corrected chi connectivity index (χ2v) is 6.47. The molecule has 0 saturated heterocycles. The Labute approximate surface area is 163 Å². The summed E-state index contributed by atoms with van der Waals surface area (Å²) in [4.78, 5) is 23.6. The summed E-state index contributed by atoms with van der Waals surface area (Å²) in [6.07, 6.45) is 4.74. The fraction of sp³-hybridized carbons (Fsp3) is 0.0870. The molecule has 0 N–H and O–H groups in total. The van der Waals surface area contributed by atoms with Gasteiger partial charge in [0, 0.05) is 23.6 Å². The molecule has 0 unspecified atom stereocenters. The minimum Gasteiger partial charge on any atom is -0.467 e. The van der Waals surface area contributed by atoms with E-state index in [0.717, 1.165) is 16.8 Å². The van der Waals surface area contributed by atoms with Crippen LogP contribution in [0.15, 0.2) is 89.8 Å². The fourth-order valence-corrected chi connectivity index (χ4v) is 2.89. The third-order valence-corrected chi connectivity index (χ3v) is 4.42. The molecule has 5 heteroatoms. The Bertz CT molecular complexity index is 1040. The Morgan fingerprint density at radius 3 is 2.29 bits per heavy atom. The number of nitrogens with zero attached hydrogens (tertiary/aromatic N) is 3. The molecular formula is C23H19N3O2. The predicted octanol–water partition coefficient (Wildman–Crippen LogP) is 4.89. The lowest BCUT2D eigenvalue weighted by Crippen LogP contribution is -2.30. The van der Waals surface area contributed by atoms with Crippen molar-refractivity contribution in [1.82, 2.24) is 9.97 Å². The first-order valence-corrected chi connectivity index (χ1v) is 8.99. The summed E-state index contributed by atoms with van der Waals surface area (Å²) in [6, 6.07) is 21.1. The van der Waals surface area contributed by atoms with E-state index in [2.05, 4.69) is 9.97 Å². The zero-order valence-electron chi connectivity index (χ0n) is 15.4. The maximum atomic E-state index is 13.2. The van der Waals surface area contributed by atoms with Crippen molar-refractivity contribution in [2.45, 2.75) is 13.5 Å². The van der Waals surface area contributed by atoms with Gasteiger partial charge in [-0.2, -0.15) is 0 Å². The van der Waals surface area contributed by atoms with Crippen LogP contribution in [0.4, 0.5) is 5.69 Å². The molecule has 0 aliphatic carbocycles. The van der Waals surface area contributed by atoms with Gasteiger partial charge in [0.2, 0.25) is 0 Å². The molecule has 0 atom stereocenters. The highest BCUT2D eigenvalue weighted by molar-refractivity contribution is 6.05. The van der Waals surface area contributed by atoms with Crippen LogP contribution < -0.4 is 4.90 Å². The SMILES string of the molecule is Cc1ccc(N(Cc2ccco2)C(=O)c2cnc(-c3ccccc3)nc2)cc1. The van der Waals surface area contributed by atoms with Gasteiger partial charge in [0.1, 0.15) is 5.76 Å². The number of aryl methyl sites for hydroxylation is 1. The van der Waals surface area contributed by atoms with E-state index in [1.807, 2.05) is 73.7 Å². The van der Waals surface area contributed by atoms with E-state index in [4.69, 9.17) is 4.42 Å². The van der Waals surface area contributed by atoms with Gasteiger partial charge in [-0.05, 0) is 31.2 Å². The van der Waals surface area contributed by atoms with Gasteiger partial charge in [-0.1, -0.05) is 48.0 Å². The predicted molar refractivity (Wildman–Crippen MR) is 108 cm³/mol. The molecule has 2 aromatic carbocycles. The molecule has 0 aliphatic rings. The van der Waals surface area contributed by atoms with Crippen molar-refractivity contribution in [3.63, 3.8) is 0 Å². The normalized spacial score (nSPS) is 10.6. The average molecular weight is 369 g/mol. The van der Waals surface area contributed by atoms with Gasteiger partial charge in [-0.25, -0.2) is 9.97 Å². The number of benzene rings is 2. The lowest BCUT2D eigenvalue weighted by Gasteiger charge is -2.22. The minimum atomic E-state index is -0.181. The molecule has 0 fully saturated rings. The van der Waals surface area contributed by atoms with Gasteiger partial charge in [0.25, 0.3) is 5.91 Å². The number of rotatable bonds is 5. The van der Waals surface area contributed by atoms with Gasteiger partial charge < -0.3 is 9.32 Å². The Kier molecular flexibility index (Phi) is 4.97. The maximum absolute atomic E-state index is 13.2. The molecule has 1 amide bonds. The lowest BCUT2D eigenvalue weighted by atomic mass is 10.2. The first kappa shape index (κ1) is 17.7. The molecule has 0 spiro atoms. The highest BCUT2D eigenvalue weighted by atomic mass is 16.3. The number of hydrogen-bond acceptors (Lipinski definition) is 4. The highest BCUT2D eigenvalue weighted by Gasteiger charge is 2.20. The summed E-state index contributed by atoms with van der Waals surface area (Å²) in [6.45, 7) is 2.34. The molecule has 4 aromatic rings. The number of anilines is 1. The Balaban J connectivity index is 1.64. The van der Waals surface area contributed by atoms with Gasteiger partial charge in [-0.3, -0.25) is 4.79 Å². The fourth-order valence-electron chi connectivity index (χ4n) is 2.89. The van der Waals surface area contributed by atoms with Crippen LogP contribution in [0.3, 0.4) is 0 Å². The van der Waals surface area contributed by atoms with Crippen LogP contribution in [-0.4, -0.2) is 15.9 Å². The number of aromatic nitrogens is 2.